The Hall–Kier alpha value is -3.19. The predicted octanol–water partition coefficient (Wildman–Crippen LogP) is 3.99. The summed E-state index contributed by atoms with van der Waals surface area (Å²) in [5, 5.41) is 0.613. The van der Waals surface area contributed by atoms with Crippen LogP contribution in [0, 0.1) is 0 Å². The molecule has 2 rings (SSSR count). The number of hydrogen-bond acceptors (Lipinski definition) is 7. The van der Waals surface area contributed by atoms with Gasteiger partial charge >= 0.3 is 11.9 Å². The summed E-state index contributed by atoms with van der Waals surface area (Å²) in [4.78, 5) is 47.2. The summed E-state index contributed by atoms with van der Waals surface area (Å²) in [6.45, 7) is 2.93. The molecule has 0 heterocycles. The van der Waals surface area contributed by atoms with E-state index in [1.54, 1.807) is 62.4 Å². The second-order valence-corrected chi connectivity index (χ2v) is 7.54. The average Bonchev–Trinajstić information content (AvgIpc) is 2.77. The number of carbonyl (C=O) groups is 4. The van der Waals surface area contributed by atoms with E-state index in [1.165, 1.54) is 0 Å². The number of Topliss-reactive ketones (excluding diaryl/α,β-unsaturated/α-hetero) is 2. The van der Waals surface area contributed by atoms with Crippen LogP contribution in [0.1, 0.15) is 42.6 Å². The third-order valence-corrected chi connectivity index (χ3v) is 4.53. The highest BCUT2D eigenvalue weighted by Crippen LogP contribution is 2.17. The summed E-state index contributed by atoms with van der Waals surface area (Å²) in [7, 11) is 0. The fourth-order valence-electron chi connectivity index (χ4n) is 2.66. The number of halogens is 1. The van der Waals surface area contributed by atoms with Gasteiger partial charge in [-0.2, -0.15) is 0 Å². The Kier molecular flexibility index (Phi) is 9.88. The van der Waals surface area contributed by atoms with Crippen LogP contribution in [0.25, 0.3) is 0 Å². The lowest BCUT2D eigenvalue weighted by Gasteiger charge is -2.14. The summed E-state index contributed by atoms with van der Waals surface area (Å²) >= 11 is 5.85. The van der Waals surface area contributed by atoms with Gasteiger partial charge in [-0.15, -0.1) is 0 Å². The van der Waals surface area contributed by atoms with Crippen LogP contribution in [0.5, 0.6) is 5.75 Å². The molecule has 8 heteroatoms. The third kappa shape index (κ3) is 8.51. The maximum Gasteiger partial charge on any atom is 0.378 e. The summed E-state index contributed by atoms with van der Waals surface area (Å²) in [5.41, 5.74) is 1.40. The van der Waals surface area contributed by atoms with Gasteiger partial charge in [0, 0.05) is 17.0 Å². The van der Waals surface area contributed by atoms with Crippen LogP contribution >= 0.6 is 11.6 Å². The molecule has 0 bridgehead atoms. The van der Waals surface area contributed by atoms with E-state index in [0.717, 1.165) is 5.56 Å². The van der Waals surface area contributed by atoms with Gasteiger partial charge in [-0.3, -0.25) is 14.4 Å². The topological polar surface area (TPSA) is 96.0 Å². The van der Waals surface area contributed by atoms with Crippen molar-refractivity contribution in [3.63, 3.8) is 0 Å². The summed E-state index contributed by atoms with van der Waals surface area (Å²) < 4.78 is 15.1. The van der Waals surface area contributed by atoms with Gasteiger partial charge in [0.25, 0.3) is 5.78 Å². The lowest BCUT2D eigenvalue weighted by atomic mass is 10.0. The Labute approximate surface area is 191 Å². The van der Waals surface area contributed by atoms with Crippen molar-refractivity contribution in [2.75, 3.05) is 13.2 Å². The molecular formula is C24H25ClO7. The van der Waals surface area contributed by atoms with Crippen LogP contribution in [0.4, 0.5) is 0 Å². The SMILES string of the molecule is CCCOC(=O)C(=O)COC(=O)CC(C)Oc1ccc(C(=O)Cc2ccc(Cl)cc2)cc1. The molecule has 1 atom stereocenters. The van der Waals surface area contributed by atoms with Crippen molar-refractivity contribution in [3.05, 3.63) is 64.7 Å². The molecule has 0 aliphatic carbocycles. The number of hydrogen-bond donors (Lipinski definition) is 0. The number of benzene rings is 2. The second-order valence-electron chi connectivity index (χ2n) is 7.10. The molecule has 0 radical (unpaired) electrons. The van der Waals surface area contributed by atoms with Crippen LogP contribution < -0.4 is 4.74 Å². The van der Waals surface area contributed by atoms with Gasteiger partial charge in [0.1, 0.15) is 11.9 Å². The van der Waals surface area contributed by atoms with Crippen molar-refractivity contribution < 1.29 is 33.4 Å². The van der Waals surface area contributed by atoms with Gasteiger partial charge in [0.05, 0.1) is 13.0 Å². The van der Waals surface area contributed by atoms with E-state index in [1.807, 2.05) is 0 Å². The first-order valence-electron chi connectivity index (χ1n) is 10.2. The number of esters is 2. The summed E-state index contributed by atoms with van der Waals surface area (Å²) in [6.07, 6.45) is 0.185. The van der Waals surface area contributed by atoms with Gasteiger partial charge in [0.2, 0.25) is 0 Å². The zero-order valence-corrected chi connectivity index (χ0v) is 18.7. The molecule has 0 spiro atoms. The van der Waals surface area contributed by atoms with Gasteiger partial charge in [-0.25, -0.2) is 4.79 Å². The quantitative estimate of drug-likeness (QED) is 0.268. The number of carbonyl (C=O) groups excluding carboxylic acids is 4. The minimum absolute atomic E-state index is 0.0439. The van der Waals surface area contributed by atoms with Crippen molar-refractivity contribution in [2.24, 2.45) is 0 Å². The molecule has 170 valence electrons. The van der Waals surface area contributed by atoms with E-state index < -0.39 is 30.4 Å². The molecule has 7 nitrogen and oxygen atoms in total. The van der Waals surface area contributed by atoms with E-state index >= 15 is 0 Å². The number of ether oxygens (including phenoxy) is 3. The standard InChI is InChI=1S/C24H25ClO7/c1-3-12-30-24(29)22(27)15-31-23(28)13-16(2)32-20-10-6-18(7-11-20)21(26)14-17-4-8-19(25)9-5-17/h4-11,16H,3,12-15H2,1-2H3. The van der Waals surface area contributed by atoms with Crippen LogP contribution in [0.3, 0.4) is 0 Å². The van der Waals surface area contributed by atoms with Gasteiger partial charge in [-0.1, -0.05) is 30.7 Å². The monoisotopic (exact) mass is 460 g/mol. The lowest BCUT2D eigenvalue weighted by Crippen LogP contribution is -2.26. The molecule has 0 saturated heterocycles. The molecule has 0 aliphatic rings. The first-order chi connectivity index (χ1) is 15.3. The van der Waals surface area contributed by atoms with Crippen molar-refractivity contribution in [3.8, 4) is 5.75 Å². The van der Waals surface area contributed by atoms with Gasteiger partial charge in [-0.05, 0) is 55.3 Å². The van der Waals surface area contributed by atoms with Crippen LogP contribution in [0.2, 0.25) is 5.02 Å². The van der Waals surface area contributed by atoms with Crippen molar-refractivity contribution >= 4 is 35.1 Å². The first kappa shape index (κ1) is 25.1. The average molecular weight is 461 g/mol. The van der Waals surface area contributed by atoms with Gasteiger partial charge in [0.15, 0.2) is 12.4 Å². The molecule has 32 heavy (non-hydrogen) atoms. The molecule has 2 aromatic carbocycles. The number of ketones is 2. The second kappa shape index (κ2) is 12.6. The highest BCUT2D eigenvalue weighted by molar-refractivity contribution is 6.34. The molecule has 0 aromatic heterocycles. The maximum absolute atomic E-state index is 12.4. The van der Waals surface area contributed by atoms with Crippen LogP contribution in [0.15, 0.2) is 48.5 Å². The van der Waals surface area contributed by atoms with Crippen LogP contribution in [-0.2, 0) is 30.3 Å². The van der Waals surface area contributed by atoms with E-state index in [2.05, 4.69) is 4.74 Å². The van der Waals surface area contributed by atoms with Gasteiger partial charge < -0.3 is 14.2 Å². The zero-order valence-electron chi connectivity index (χ0n) is 18.0. The normalized spacial score (nSPS) is 11.3. The molecule has 0 amide bonds. The van der Waals surface area contributed by atoms with E-state index in [-0.39, 0.29) is 25.2 Å². The molecule has 0 saturated carbocycles. The molecular weight excluding hydrogens is 436 g/mol. The molecule has 0 N–H and O–H groups in total. The molecule has 2 aromatic rings. The molecule has 1 unspecified atom stereocenters. The molecule has 0 aliphatic heterocycles. The Bertz CT molecular complexity index is 936. The Morgan fingerprint density at radius 2 is 1.59 bits per heavy atom. The summed E-state index contributed by atoms with van der Waals surface area (Å²) in [5.74, 6) is -2.18. The maximum atomic E-state index is 12.4. The van der Waals surface area contributed by atoms with Crippen molar-refractivity contribution in [2.45, 2.75) is 39.2 Å². The van der Waals surface area contributed by atoms with E-state index in [9.17, 15) is 19.2 Å². The number of rotatable bonds is 12. The minimum atomic E-state index is -1.02. The smallest absolute Gasteiger partial charge is 0.378 e. The van der Waals surface area contributed by atoms with E-state index in [0.29, 0.717) is 22.8 Å². The highest BCUT2D eigenvalue weighted by Gasteiger charge is 2.19. The summed E-state index contributed by atoms with van der Waals surface area (Å²) in [6, 6.07) is 13.7. The fraction of sp³-hybridized carbons (Fsp3) is 0.333. The van der Waals surface area contributed by atoms with Crippen LogP contribution in [-0.4, -0.2) is 42.8 Å². The third-order valence-electron chi connectivity index (χ3n) is 4.27. The minimum Gasteiger partial charge on any atom is -0.490 e. The van der Waals surface area contributed by atoms with E-state index in [4.69, 9.17) is 21.1 Å². The zero-order chi connectivity index (χ0) is 23.5. The van der Waals surface area contributed by atoms with Crippen molar-refractivity contribution in [1.29, 1.82) is 0 Å². The Morgan fingerprint density at radius 3 is 2.22 bits per heavy atom. The highest BCUT2D eigenvalue weighted by atomic mass is 35.5. The Balaban J connectivity index is 1.78. The lowest BCUT2D eigenvalue weighted by molar-refractivity contribution is -0.159. The van der Waals surface area contributed by atoms with Crippen molar-refractivity contribution in [1.82, 2.24) is 0 Å². The predicted molar refractivity (Wildman–Crippen MR) is 118 cm³/mol. The fourth-order valence-corrected chi connectivity index (χ4v) is 2.78. The molecule has 0 fully saturated rings. The largest absolute Gasteiger partial charge is 0.490 e. The first-order valence-corrected chi connectivity index (χ1v) is 10.6. The Morgan fingerprint density at radius 1 is 0.938 bits per heavy atom.